The number of sulfonamides is 1. The van der Waals surface area contributed by atoms with E-state index >= 15 is 0 Å². The Kier molecular flexibility index (Phi) is 7.47. The number of hydrogen-bond donors (Lipinski definition) is 2. The van der Waals surface area contributed by atoms with Crippen molar-refractivity contribution in [2.45, 2.75) is 17.7 Å². The Hall–Kier alpha value is -1.15. The Bertz CT molecular complexity index is 611. The lowest BCUT2D eigenvalue weighted by molar-refractivity contribution is 0.0827. The Morgan fingerprint density at radius 3 is 2.48 bits per heavy atom. The lowest BCUT2D eigenvalue weighted by atomic mass is 10.0. The van der Waals surface area contributed by atoms with E-state index in [1.807, 2.05) is 0 Å². The molecule has 0 bridgehead atoms. The van der Waals surface area contributed by atoms with Crippen LogP contribution in [-0.2, 0) is 10.0 Å². The van der Waals surface area contributed by atoms with E-state index in [0.29, 0.717) is 18.0 Å². The van der Waals surface area contributed by atoms with Gasteiger partial charge in [-0.2, -0.15) is 0 Å². The number of carbonyl (C=O) groups is 1. The zero-order valence-electron chi connectivity index (χ0n) is 13.4. The Labute approximate surface area is 144 Å². The van der Waals surface area contributed by atoms with Crippen LogP contribution in [0.1, 0.15) is 23.2 Å². The van der Waals surface area contributed by atoms with Gasteiger partial charge in [-0.3, -0.25) is 4.79 Å². The number of hydrogen-bond acceptors (Lipinski definition) is 4. The van der Waals surface area contributed by atoms with Crippen molar-refractivity contribution in [3.63, 3.8) is 0 Å². The Balaban J connectivity index is 0.00000264. The molecule has 0 spiro atoms. The molecule has 2 rings (SSSR count). The SMILES string of the molecule is CN(C)C(=O)c1ccc(S(=O)(=O)NCC2CCCNC2)cc1.Cl. The number of nitrogens with one attached hydrogen (secondary N) is 2. The van der Waals surface area contributed by atoms with Gasteiger partial charge in [0.25, 0.3) is 5.91 Å². The fourth-order valence-corrected chi connectivity index (χ4v) is 3.56. The normalized spacial score (nSPS) is 18.1. The molecular formula is C15H24ClN3O3S. The highest BCUT2D eigenvalue weighted by Gasteiger charge is 2.19. The third-order valence-corrected chi connectivity index (χ3v) is 5.22. The number of carbonyl (C=O) groups excluding carboxylic acids is 1. The van der Waals surface area contributed by atoms with Crippen LogP contribution < -0.4 is 10.0 Å². The quantitative estimate of drug-likeness (QED) is 0.822. The summed E-state index contributed by atoms with van der Waals surface area (Å²) in [5, 5.41) is 3.26. The first-order valence-corrected chi connectivity index (χ1v) is 8.90. The number of amides is 1. The molecule has 1 saturated heterocycles. The van der Waals surface area contributed by atoms with Crippen LogP contribution in [0.3, 0.4) is 0 Å². The van der Waals surface area contributed by atoms with Crippen LogP contribution >= 0.6 is 12.4 Å². The number of rotatable bonds is 5. The van der Waals surface area contributed by atoms with E-state index < -0.39 is 10.0 Å². The molecule has 1 aromatic rings. The molecule has 6 nitrogen and oxygen atoms in total. The first-order chi connectivity index (χ1) is 10.4. The van der Waals surface area contributed by atoms with Crippen molar-refractivity contribution in [2.24, 2.45) is 5.92 Å². The summed E-state index contributed by atoms with van der Waals surface area (Å²) in [6.45, 7) is 2.29. The second-order valence-corrected chi connectivity index (χ2v) is 7.56. The summed E-state index contributed by atoms with van der Waals surface area (Å²) in [5.41, 5.74) is 0.473. The highest BCUT2D eigenvalue weighted by atomic mass is 35.5. The molecule has 1 aromatic carbocycles. The summed E-state index contributed by atoms with van der Waals surface area (Å²) in [7, 11) is -0.206. The first kappa shape index (κ1) is 19.9. The van der Waals surface area contributed by atoms with Crippen molar-refractivity contribution in [1.29, 1.82) is 0 Å². The maximum absolute atomic E-state index is 12.3. The van der Waals surface area contributed by atoms with Crippen LogP contribution in [0.5, 0.6) is 0 Å². The standard InChI is InChI=1S/C15H23N3O3S.ClH/c1-18(2)15(19)13-5-7-14(8-6-13)22(20,21)17-11-12-4-3-9-16-10-12;/h5-8,12,16-17H,3-4,9-11H2,1-2H3;1H. The summed E-state index contributed by atoms with van der Waals surface area (Å²) in [5.74, 6) is 0.184. The molecule has 1 unspecified atom stereocenters. The maximum atomic E-state index is 12.3. The zero-order valence-corrected chi connectivity index (χ0v) is 15.0. The fraction of sp³-hybridized carbons (Fsp3) is 0.533. The summed E-state index contributed by atoms with van der Waals surface area (Å²) in [6, 6.07) is 6.02. The molecular weight excluding hydrogens is 338 g/mol. The molecule has 0 aromatic heterocycles. The monoisotopic (exact) mass is 361 g/mol. The highest BCUT2D eigenvalue weighted by Crippen LogP contribution is 2.14. The van der Waals surface area contributed by atoms with E-state index in [1.54, 1.807) is 26.2 Å². The second-order valence-electron chi connectivity index (χ2n) is 5.79. The van der Waals surface area contributed by atoms with E-state index in [-0.39, 0.29) is 23.2 Å². The van der Waals surface area contributed by atoms with Gasteiger partial charge in [-0.1, -0.05) is 0 Å². The summed E-state index contributed by atoms with van der Waals surface area (Å²) >= 11 is 0. The van der Waals surface area contributed by atoms with E-state index in [9.17, 15) is 13.2 Å². The van der Waals surface area contributed by atoms with Crippen LogP contribution in [0, 0.1) is 5.92 Å². The minimum atomic E-state index is -3.53. The van der Waals surface area contributed by atoms with Gasteiger partial charge in [0.2, 0.25) is 10.0 Å². The predicted octanol–water partition coefficient (Wildman–Crippen LogP) is 1.09. The van der Waals surface area contributed by atoms with E-state index in [0.717, 1.165) is 25.9 Å². The predicted molar refractivity (Wildman–Crippen MR) is 92.5 cm³/mol. The third-order valence-electron chi connectivity index (χ3n) is 3.78. The lowest BCUT2D eigenvalue weighted by Crippen LogP contribution is -2.38. The third kappa shape index (κ3) is 5.46. The molecule has 1 aliphatic heterocycles. The molecule has 0 saturated carbocycles. The van der Waals surface area contributed by atoms with E-state index in [4.69, 9.17) is 0 Å². The zero-order chi connectivity index (χ0) is 16.2. The summed E-state index contributed by atoms with van der Waals surface area (Å²) in [6.07, 6.45) is 2.11. The van der Waals surface area contributed by atoms with Gasteiger partial charge in [0.15, 0.2) is 0 Å². The number of halogens is 1. The van der Waals surface area contributed by atoms with Crippen molar-refractivity contribution >= 4 is 28.3 Å². The van der Waals surface area contributed by atoms with Crippen LogP contribution in [0.2, 0.25) is 0 Å². The van der Waals surface area contributed by atoms with Crippen molar-refractivity contribution in [1.82, 2.24) is 14.9 Å². The molecule has 23 heavy (non-hydrogen) atoms. The summed E-state index contributed by atoms with van der Waals surface area (Å²) in [4.78, 5) is 13.4. The van der Waals surface area contributed by atoms with Crippen LogP contribution in [0.4, 0.5) is 0 Å². The number of benzene rings is 1. The minimum absolute atomic E-state index is 0. The van der Waals surface area contributed by atoms with Gasteiger partial charge in [-0.15, -0.1) is 12.4 Å². The smallest absolute Gasteiger partial charge is 0.253 e. The highest BCUT2D eigenvalue weighted by molar-refractivity contribution is 7.89. The van der Waals surface area contributed by atoms with Crippen molar-refractivity contribution in [2.75, 3.05) is 33.7 Å². The van der Waals surface area contributed by atoms with Crippen molar-refractivity contribution in [3.8, 4) is 0 Å². The van der Waals surface area contributed by atoms with Gasteiger partial charge in [-0.25, -0.2) is 13.1 Å². The van der Waals surface area contributed by atoms with Crippen molar-refractivity contribution in [3.05, 3.63) is 29.8 Å². The second kappa shape index (κ2) is 8.63. The van der Waals surface area contributed by atoms with Gasteiger partial charge in [0.1, 0.15) is 0 Å². The molecule has 0 aliphatic carbocycles. The van der Waals surface area contributed by atoms with Gasteiger partial charge < -0.3 is 10.2 Å². The van der Waals surface area contributed by atoms with Crippen LogP contribution in [0.15, 0.2) is 29.2 Å². The van der Waals surface area contributed by atoms with Gasteiger partial charge in [0, 0.05) is 26.2 Å². The average Bonchev–Trinajstić information content (AvgIpc) is 2.53. The Morgan fingerprint density at radius 1 is 1.30 bits per heavy atom. The van der Waals surface area contributed by atoms with Crippen molar-refractivity contribution < 1.29 is 13.2 Å². The fourth-order valence-electron chi connectivity index (χ4n) is 2.44. The van der Waals surface area contributed by atoms with Gasteiger partial charge in [0.05, 0.1) is 4.90 Å². The molecule has 2 N–H and O–H groups in total. The molecule has 130 valence electrons. The molecule has 1 heterocycles. The van der Waals surface area contributed by atoms with Crippen LogP contribution in [-0.4, -0.2) is 53.0 Å². The number of piperidine rings is 1. The minimum Gasteiger partial charge on any atom is -0.345 e. The molecule has 0 radical (unpaired) electrons. The van der Waals surface area contributed by atoms with Gasteiger partial charge in [-0.05, 0) is 56.1 Å². The van der Waals surface area contributed by atoms with E-state index in [1.165, 1.54) is 17.0 Å². The average molecular weight is 362 g/mol. The Morgan fingerprint density at radius 2 is 1.96 bits per heavy atom. The molecule has 1 fully saturated rings. The lowest BCUT2D eigenvalue weighted by Gasteiger charge is -2.22. The molecule has 1 atom stereocenters. The first-order valence-electron chi connectivity index (χ1n) is 7.42. The topological polar surface area (TPSA) is 78.5 Å². The summed E-state index contributed by atoms with van der Waals surface area (Å²) < 4.78 is 27.2. The molecule has 1 amide bonds. The molecule has 8 heteroatoms. The van der Waals surface area contributed by atoms with Crippen LogP contribution in [0.25, 0.3) is 0 Å². The molecule has 1 aliphatic rings. The maximum Gasteiger partial charge on any atom is 0.253 e. The van der Waals surface area contributed by atoms with E-state index in [2.05, 4.69) is 10.0 Å². The number of nitrogens with zero attached hydrogens (tertiary/aromatic N) is 1. The van der Waals surface area contributed by atoms with Gasteiger partial charge >= 0.3 is 0 Å². The largest absolute Gasteiger partial charge is 0.345 e.